The summed E-state index contributed by atoms with van der Waals surface area (Å²) in [6.07, 6.45) is 5.31. The van der Waals surface area contributed by atoms with Crippen molar-refractivity contribution in [3.63, 3.8) is 0 Å². The van der Waals surface area contributed by atoms with Gasteiger partial charge in [-0.1, -0.05) is 13.0 Å². The Bertz CT molecular complexity index is 1230. The number of fused-ring (bicyclic) bond motifs is 4. The molecule has 0 bridgehead atoms. The van der Waals surface area contributed by atoms with Gasteiger partial charge in [-0.05, 0) is 30.3 Å². The molecule has 8 nitrogen and oxygen atoms in total. The van der Waals surface area contributed by atoms with E-state index in [0.29, 0.717) is 31.5 Å². The summed E-state index contributed by atoms with van der Waals surface area (Å²) in [6.45, 7) is 4.39. The summed E-state index contributed by atoms with van der Waals surface area (Å²) in [4.78, 5) is 13.5. The second kappa shape index (κ2) is 6.93. The first-order valence-corrected chi connectivity index (χ1v) is 10.5. The fourth-order valence-corrected chi connectivity index (χ4v) is 4.28. The number of pyridine rings is 2. The number of hydrogen-bond acceptors (Lipinski definition) is 8. The standard InChI is InChI=1S/C24H22N4O4/c1-23(11-29-12-23)13-30-17-4-5-20-18(8-17)24(14-31-22(25)28-24)19-7-16(10-27-21(19)32-20)15-3-2-6-26-9-15/h2-10H,11-14H2,1H3,(H2,25,28)/t24-/m1/s1. The molecule has 5 heterocycles. The molecular weight excluding hydrogens is 408 g/mol. The van der Waals surface area contributed by atoms with Gasteiger partial charge in [-0.25, -0.2) is 9.98 Å². The van der Waals surface area contributed by atoms with Crippen LogP contribution in [0.1, 0.15) is 18.1 Å². The predicted molar refractivity (Wildman–Crippen MR) is 117 cm³/mol. The maximum absolute atomic E-state index is 6.16. The van der Waals surface area contributed by atoms with Crippen LogP contribution in [0.2, 0.25) is 0 Å². The quantitative estimate of drug-likeness (QED) is 0.678. The maximum atomic E-state index is 6.16. The summed E-state index contributed by atoms with van der Waals surface area (Å²) in [5.74, 6) is 1.88. The van der Waals surface area contributed by atoms with E-state index < -0.39 is 5.54 Å². The molecule has 3 aromatic rings. The van der Waals surface area contributed by atoms with Crippen molar-refractivity contribution in [2.45, 2.75) is 12.5 Å². The number of aliphatic imine (C=N–C) groups is 1. The summed E-state index contributed by atoms with van der Waals surface area (Å²) in [5.41, 5.74) is 8.67. The van der Waals surface area contributed by atoms with Crippen LogP contribution >= 0.6 is 0 Å². The summed E-state index contributed by atoms with van der Waals surface area (Å²) < 4.78 is 23.3. The highest BCUT2D eigenvalue weighted by atomic mass is 16.5. The SMILES string of the molecule is CC1(COc2ccc3c(c2)[C@]2(COC(N)=N2)c2cc(-c4cccnc4)cnc2O3)COC1. The van der Waals surface area contributed by atoms with E-state index >= 15 is 0 Å². The van der Waals surface area contributed by atoms with Crippen molar-refractivity contribution in [1.82, 2.24) is 9.97 Å². The highest BCUT2D eigenvalue weighted by Gasteiger charge is 2.48. The smallest absolute Gasteiger partial charge is 0.283 e. The van der Waals surface area contributed by atoms with Crippen LogP contribution in [0.15, 0.2) is 60.0 Å². The number of hydrogen-bond donors (Lipinski definition) is 1. The lowest BCUT2D eigenvalue weighted by molar-refractivity contribution is -0.120. The third-order valence-electron chi connectivity index (χ3n) is 6.11. The molecule has 0 saturated carbocycles. The number of nitrogens with two attached hydrogens (primary N) is 1. The molecule has 1 fully saturated rings. The normalized spacial score (nSPS) is 22.1. The van der Waals surface area contributed by atoms with E-state index in [-0.39, 0.29) is 18.0 Å². The van der Waals surface area contributed by atoms with Gasteiger partial charge in [0.25, 0.3) is 6.02 Å². The maximum Gasteiger partial charge on any atom is 0.283 e. The zero-order valence-electron chi connectivity index (χ0n) is 17.6. The van der Waals surface area contributed by atoms with E-state index in [4.69, 9.17) is 29.7 Å². The number of amidine groups is 1. The fourth-order valence-electron chi connectivity index (χ4n) is 4.28. The molecule has 0 radical (unpaired) electrons. The summed E-state index contributed by atoms with van der Waals surface area (Å²) in [7, 11) is 0. The van der Waals surface area contributed by atoms with E-state index in [0.717, 1.165) is 28.0 Å². The van der Waals surface area contributed by atoms with E-state index in [1.54, 1.807) is 18.6 Å². The molecule has 8 heteroatoms. The van der Waals surface area contributed by atoms with Crippen molar-refractivity contribution in [2.24, 2.45) is 16.1 Å². The second-order valence-electron chi connectivity index (χ2n) is 8.77. The van der Waals surface area contributed by atoms with E-state index in [9.17, 15) is 0 Å². The van der Waals surface area contributed by atoms with Crippen molar-refractivity contribution in [3.05, 3.63) is 66.1 Å². The van der Waals surface area contributed by atoms with Gasteiger partial charge in [-0.3, -0.25) is 4.98 Å². The zero-order chi connectivity index (χ0) is 21.8. The van der Waals surface area contributed by atoms with E-state index in [1.807, 2.05) is 36.4 Å². The molecule has 0 amide bonds. The first kappa shape index (κ1) is 19.1. The van der Waals surface area contributed by atoms with Gasteiger partial charge in [0.15, 0.2) is 5.54 Å². The largest absolute Gasteiger partial charge is 0.493 e. The lowest BCUT2D eigenvalue weighted by Gasteiger charge is -2.37. The Kier molecular flexibility index (Phi) is 4.13. The fraction of sp³-hybridized carbons (Fsp3) is 0.292. The Labute approximate surface area is 185 Å². The second-order valence-corrected chi connectivity index (χ2v) is 8.77. The predicted octanol–water partition coefficient (Wildman–Crippen LogP) is 3.25. The average Bonchev–Trinajstić information content (AvgIpc) is 3.19. The van der Waals surface area contributed by atoms with Crippen molar-refractivity contribution in [1.29, 1.82) is 0 Å². The summed E-state index contributed by atoms with van der Waals surface area (Å²) in [6, 6.07) is 11.8. The Balaban J connectivity index is 1.43. The molecule has 1 aromatic carbocycles. The Morgan fingerprint density at radius 2 is 1.97 bits per heavy atom. The van der Waals surface area contributed by atoms with Gasteiger partial charge in [0.1, 0.15) is 18.1 Å². The van der Waals surface area contributed by atoms with Gasteiger partial charge in [0.05, 0.1) is 25.4 Å². The topological polar surface area (TPSA) is 101 Å². The Morgan fingerprint density at radius 1 is 1.06 bits per heavy atom. The Morgan fingerprint density at radius 3 is 2.69 bits per heavy atom. The molecule has 2 aromatic heterocycles. The molecule has 0 aliphatic carbocycles. The lowest BCUT2D eigenvalue weighted by Crippen LogP contribution is -2.44. The van der Waals surface area contributed by atoms with Gasteiger partial charge >= 0.3 is 0 Å². The van der Waals surface area contributed by atoms with Gasteiger partial charge < -0.3 is 24.7 Å². The molecule has 1 atom stereocenters. The van der Waals surface area contributed by atoms with Crippen LogP contribution in [-0.2, 0) is 15.0 Å². The van der Waals surface area contributed by atoms with E-state index in [1.165, 1.54) is 0 Å². The molecule has 32 heavy (non-hydrogen) atoms. The summed E-state index contributed by atoms with van der Waals surface area (Å²) >= 11 is 0. The van der Waals surface area contributed by atoms with Gasteiger partial charge in [0, 0.05) is 40.7 Å². The van der Waals surface area contributed by atoms with Gasteiger partial charge in [-0.2, -0.15) is 0 Å². The molecule has 0 unspecified atom stereocenters. The minimum atomic E-state index is -0.860. The number of nitrogens with zero attached hydrogens (tertiary/aromatic N) is 3. The minimum absolute atomic E-state index is 0.0400. The van der Waals surface area contributed by atoms with Crippen LogP contribution in [0.3, 0.4) is 0 Å². The van der Waals surface area contributed by atoms with Crippen LogP contribution in [0, 0.1) is 5.41 Å². The monoisotopic (exact) mass is 430 g/mol. The van der Waals surface area contributed by atoms with Gasteiger partial charge in [-0.15, -0.1) is 0 Å². The van der Waals surface area contributed by atoms with Crippen molar-refractivity contribution in [3.8, 4) is 28.5 Å². The molecule has 3 aliphatic rings. The highest BCUT2D eigenvalue weighted by molar-refractivity contribution is 5.77. The first-order chi connectivity index (χ1) is 15.5. The third kappa shape index (κ3) is 2.98. The van der Waals surface area contributed by atoms with Crippen LogP contribution < -0.4 is 15.2 Å². The van der Waals surface area contributed by atoms with E-state index in [2.05, 4.69) is 16.9 Å². The summed E-state index contributed by atoms with van der Waals surface area (Å²) in [5, 5.41) is 0. The van der Waals surface area contributed by atoms with Crippen LogP contribution in [-0.4, -0.2) is 42.4 Å². The third-order valence-corrected chi connectivity index (χ3v) is 6.11. The van der Waals surface area contributed by atoms with Crippen LogP contribution in [0.25, 0.3) is 11.1 Å². The molecule has 2 N–H and O–H groups in total. The first-order valence-electron chi connectivity index (χ1n) is 10.5. The number of aromatic nitrogens is 2. The molecule has 162 valence electrons. The van der Waals surface area contributed by atoms with Gasteiger partial charge in [0.2, 0.25) is 5.88 Å². The molecule has 1 spiro atoms. The van der Waals surface area contributed by atoms with Crippen LogP contribution in [0.5, 0.6) is 17.4 Å². The molecule has 3 aliphatic heterocycles. The van der Waals surface area contributed by atoms with Crippen molar-refractivity contribution in [2.75, 3.05) is 26.4 Å². The highest BCUT2D eigenvalue weighted by Crippen LogP contribution is 2.51. The molecular formula is C24H22N4O4. The minimum Gasteiger partial charge on any atom is -0.493 e. The number of ether oxygens (including phenoxy) is 4. The Hall–Kier alpha value is -3.65. The van der Waals surface area contributed by atoms with Crippen LogP contribution in [0.4, 0.5) is 0 Å². The van der Waals surface area contributed by atoms with Crippen molar-refractivity contribution >= 4 is 6.02 Å². The number of benzene rings is 1. The average molecular weight is 430 g/mol. The lowest BCUT2D eigenvalue weighted by atomic mass is 9.81. The van der Waals surface area contributed by atoms with Crippen molar-refractivity contribution < 1.29 is 18.9 Å². The number of rotatable bonds is 4. The molecule has 1 saturated heterocycles. The zero-order valence-corrected chi connectivity index (χ0v) is 17.6. The molecule has 6 rings (SSSR count).